The third kappa shape index (κ3) is 3.83. The van der Waals surface area contributed by atoms with Gasteiger partial charge in [-0.3, -0.25) is 0 Å². The van der Waals surface area contributed by atoms with E-state index in [1.165, 1.54) is 18.4 Å². The fraction of sp³-hybridized carbons (Fsp3) is 0.214. The van der Waals surface area contributed by atoms with E-state index in [9.17, 15) is 14.3 Å². The molecule has 2 aromatic rings. The molecule has 0 radical (unpaired) electrons. The fourth-order valence-corrected chi connectivity index (χ4v) is 1.75. The van der Waals surface area contributed by atoms with E-state index in [0.29, 0.717) is 17.0 Å². The van der Waals surface area contributed by atoms with Gasteiger partial charge in [0.15, 0.2) is 0 Å². The molecule has 0 aliphatic carbocycles. The number of benzene rings is 1. The van der Waals surface area contributed by atoms with Crippen LogP contribution in [-0.2, 0) is 0 Å². The van der Waals surface area contributed by atoms with Gasteiger partial charge >= 0.3 is 6.03 Å². The lowest BCUT2D eigenvalue weighted by Crippen LogP contribution is -2.32. The molecule has 0 spiro atoms. The van der Waals surface area contributed by atoms with Gasteiger partial charge in [0.25, 0.3) is 0 Å². The Balaban J connectivity index is 1.86. The minimum absolute atomic E-state index is 0.00631. The summed E-state index contributed by atoms with van der Waals surface area (Å²) >= 11 is 0. The second-order valence-electron chi connectivity index (χ2n) is 4.38. The first-order chi connectivity index (χ1) is 9.54. The second-order valence-corrected chi connectivity index (χ2v) is 4.38. The smallest absolute Gasteiger partial charge is 0.319 e. The molecule has 1 heterocycles. The summed E-state index contributed by atoms with van der Waals surface area (Å²) < 4.78 is 18.2. The minimum atomic E-state index is -0.926. The standard InChI is InChI=1S/C14H15FN2O3/c1-9-5-10(15)7-11(6-9)17-14(19)16-8-12(18)13-3-2-4-20-13/h2-7,12,18H,8H2,1H3,(H2,16,17,19). The number of carbonyl (C=O) groups excluding carboxylic acids is 1. The number of hydrogen-bond donors (Lipinski definition) is 3. The molecule has 1 aromatic carbocycles. The molecular weight excluding hydrogens is 263 g/mol. The van der Waals surface area contributed by atoms with E-state index in [2.05, 4.69) is 10.6 Å². The predicted molar refractivity (Wildman–Crippen MR) is 71.8 cm³/mol. The number of halogens is 1. The van der Waals surface area contributed by atoms with Crippen molar-refractivity contribution in [1.29, 1.82) is 0 Å². The molecule has 1 atom stereocenters. The zero-order valence-electron chi connectivity index (χ0n) is 10.9. The number of nitrogens with one attached hydrogen (secondary N) is 2. The third-order valence-corrected chi connectivity index (χ3v) is 2.63. The van der Waals surface area contributed by atoms with Crippen LogP contribution < -0.4 is 10.6 Å². The summed E-state index contributed by atoms with van der Waals surface area (Å²) in [6.07, 6.45) is 0.513. The SMILES string of the molecule is Cc1cc(F)cc(NC(=O)NCC(O)c2ccco2)c1. The number of hydrogen-bond acceptors (Lipinski definition) is 3. The Hall–Kier alpha value is -2.34. The van der Waals surface area contributed by atoms with E-state index in [0.717, 1.165) is 0 Å². The van der Waals surface area contributed by atoms with Crippen molar-refractivity contribution in [1.82, 2.24) is 5.32 Å². The summed E-state index contributed by atoms with van der Waals surface area (Å²) in [4.78, 5) is 11.6. The number of anilines is 1. The molecule has 106 valence electrons. The van der Waals surface area contributed by atoms with Gasteiger partial charge in [0.05, 0.1) is 12.8 Å². The maximum Gasteiger partial charge on any atom is 0.319 e. The van der Waals surface area contributed by atoms with Crippen molar-refractivity contribution in [2.45, 2.75) is 13.0 Å². The van der Waals surface area contributed by atoms with E-state index in [-0.39, 0.29) is 6.54 Å². The number of aliphatic hydroxyl groups is 1. The monoisotopic (exact) mass is 278 g/mol. The van der Waals surface area contributed by atoms with Crippen LogP contribution in [0, 0.1) is 12.7 Å². The Kier molecular flexibility index (Phi) is 4.37. The highest BCUT2D eigenvalue weighted by Gasteiger charge is 2.12. The number of amides is 2. The first-order valence-corrected chi connectivity index (χ1v) is 6.08. The number of furan rings is 1. The van der Waals surface area contributed by atoms with Gasteiger partial charge in [-0.2, -0.15) is 0 Å². The zero-order chi connectivity index (χ0) is 14.5. The van der Waals surface area contributed by atoms with E-state index < -0.39 is 18.0 Å². The van der Waals surface area contributed by atoms with Crippen LogP contribution in [0.1, 0.15) is 17.4 Å². The molecule has 20 heavy (non-hydrogen) atoms. The number of aryl methyl sites for hydroxylation is 1. The van der Waals surface area contributed by atoms with Crippen LogP contribution in [0.4, 0.5) is 14.9 Å². The van der Waals surface area contributed by atoms with Crippen molar-refractivity contribution in [3.05, 3.63) is 53.7 Å². The molecule has 3 N–H and O–H groups in total. The van der Waals surface area contributed by atoms with Gasteiger partial charge in [0.2, 0.25) is 0 Å². The topological polar surface area (TPSA) is 74.5 Å². The summed E-state index contributed by atoms with van der Waals surface area (Å²) in [5.74, 6) is -0.0529. The van der Waals surface area contributed by atoms with E-state index in [1.54, 1.807) is 25.1 Å². The third-order valence-electron chi connectivity index (χ3n) is 2.63. The number of urea groups is 1. The van der Waals surface area contributed by atoms with Crippen LogP contribution >= 0.6 is 0 Å². The van der Waals surface area contributed by atoms with Crippen LogP contribution in [0.2, 0.25) is 0 Å². The Morgan fingerprint density at radius 2 is 2.25 bits per heavy atom. The van der Waals surface area contributed by atoms with Crippen LogP contribution in [0.15, 0.2) is 41.0 Å². The maximum absolute atomic E-state index is 13.2. The summed E-state index contributed by atoms with van der Waals surface area (Å²) in [5.41, 5.74) is 1.06. The number of aliphatic hydroxyl groups excluding tert-OH is 1. The second kappa shape index (κ2) is 6.21. The Bertz CT molecular complexity index is 564. The Morgan fingerprint density at radius 1 is 1.45 bits per heavy atom. The lowest BCUT2D eigenvalue weighted by molar-refractivity contribution is 0.149. The van der Waals surface area contributed by atoms with Crippen molar-refractivity contribution in [3.63, 3.8) is 0 Å². The molecular formula is C14H15FN2O3. The van der Waals surface area contributed by atoms with Crippen LogP contribution in [0.5, 0.6) is 0 Å². The molecule has 2 amide bonds. The first-order valence-electron chi connectivity index (χ1n) is 6.08. The van der Waals surface area contributed by atoms with Gasteiger partial charge in [-0.05, 0) is 42.8 Å². The van der Waals surface area contributed by atoms with Crippen molar-refractivity contribution in [2.24, 2.45) is 0 Å². The van der Waals surface area contributed by atoms with Crippen molar-refractivity contribution in [3.8, 4) is 0 Å². The molecule has 0 aliphatic heterocycles. The van der Waals surface area contributed by atoms with Gasteiger partial charge in [0, 0.05) is 5.69 Å². The fourth-order valence-electron chi connectivity index (χ4n) is 1.75. The summed E-state index contributed by atoms with van der Waals surface area (Å²) in [6, 6.07) is 6.96. The van der Waals surface area contributed by atoms with Gasteiger partial charge in [0.1, 0.15) is 17.7 Å². The minimum Gasteiger partial charge on any atom is -0.467 e. The normalized spacial score (nSPS) is 11.9. The molecule has 0 saturated carbocycles. The van der Waals surface area contributed by atoms with Gasteiger partial charge in [-0.1, -0.05) is 0 Å². The van der Waals surface area contributed by atoms with Crippen LogP contribution in [0.25, 0.3) is 0 Å². The quantitative estimate of drug-likeness (QED) is 0.804. The first kappa shape index (κ1) is 14.1. The highest BCUT2D eigenvalue weighted by molar-refractivity contribution is 5.89. The van der Waals surface area contributed by atoms with E-state index in [4.69, 9.17) is 4.42 Å². The van der Waals surface area contributed by atoms with Crippen molar-refractivity contribution < 1.29 is 18.7 Å². The zero-order valence-corrected chi connectivity index (χ0v) is 10.9. The lowest BCUT2D eigenvalue weighted by atomic mass is 10.2. The van der Waals surface area contributed by atoms with Crippen LogP contribution in [0.3, 0.4) is 0 Å². The Labute approximate surface area is 115 Å². The predicted octanol–water partition coefficient (Wildman–Crippen LogP) is 2.58. The van der Waals surface area contributed by atoms with Crippen LogP contribution in [-0.4, -0.2) is 17.7 Å². The molecule has 1 unspecified atom stereocenters. The average Bonchev–Trinajstić information content (AvgIpc) is 2.88. The van der Waals surface area contributed by atoms with Gasteiger partial charge in [-0.15, -0.1) is 0 Å². The van der Waals surface area contributed by atoms with E-state index >= 15 is 0 Å². The highest BCUT2D eigenvalue weighted by atomic mass is 19.1. The van der Waals surface area contributed by atoms with Crippen molar-refractivity contribution in [2.75, 3.05) is 11.9 Å². The van der Waals surface area contributed by atoms with Crippen molar-refractivity contribution >= 4 is 11.7 Å². The maximum atomic E-state index is 13.2. The molecule has 2 rings (SSSR count). The largest absolute Gasteiger partial charge is 0.467 e. The molecule has 0 aliphatic rings. The van der Waals surface area contributed by atoms with Gasteiger partial charge < -0.3 is 20.2 Å². The number of rotatable bonds is 4. The molecule has 0 saturated heterocycles. The van der Waals surface area contributed by atoms with E-state index in [1.807, 2.05) is 0 Å². The number of carbonyl (C=O) groups is 1. The molecule has 6 heteroatoms. The summed E-state index contributed by atoms with van der Waals surface area (Å²) in [7, 11) is 0. The molecule has 1 aromatic heterocycles. The molecule has 0 fully saturated rings. The molecule has 5 nitrogen and oxygen atoms in total. The molecule has 0 bridgehead atoms. The lowest BCUT2D eigenvalue weighted by Gasteiger charge is -2.11. The highest BCUT2D eigenvalue weighted by Crippen LogP contribution is 2.14. The average molecular weight is 278 g/mol. The summed E-state index contributed by atoms with van der Waals surface area (Å²) in [5, 5.41) is 14.7. The van der Waals surface area contributed by atoms with Gasteiger partial charge in [-0.25, -0.2) is 9.18 Å². The Morgan fingerprint density at radius 3 is 2.90 bits per heavy atom. The summed E-state index contributed by atoms with van der Waals surface area (Å²) in [6.45, 7) is 1.72.